The molecule has 1 aromatic carbocycles. The molecule has 1 amide bonds. The number of carbonyl (C=O) groups is 1. The summed E-state index contributed by atoms with van der Waals surface area (Å²) in [4.78, 5) is 12.0. The molecule has 1 aromatic rings. The fourth-order valence-electron chi connectivity index (χ4n) is 2.07. The lowest BCUT2D eigenvalue weighted by atomic mass is 10.2. The van der Waals surface area contributed by atoms with Crippen molar-refractivity contribution >= 4 is 5.91 Å². The summed E-state index contributed by atoms with van der Waals surface area (Å²) in [5.41, 5.74) is 0.592. The Kier molecular flexibility index (Phi) is 5.21. The molecule has 2 rings (SSSR count). The van der Waals surface area contributed by atoms with Crippen molar-refractivity contribution in [1.82, 2.24) is 5.32 Å². The first-order valence-electron chi connectivity index (χ1n) is 6.93. The van der Waals surface area contributed by atoms with Crippen LogP contribution in [-0.2, 0) is 4.74 Å². The molecule has 0 bridgehead atoms. The van der Waals surface area contributed by atoms with Gasteiger partial charge in [0.15, 0.2) is 0 Å². The minimum Gasteiger partial charge on any atom is -0.490 e. The van der Waals surface area contributed by atoms with Crippen molar-refractivity contribution in [2.75, 3.05) is 19.8 Å². The summed E-state index contributed by atoms with van der Waals surface area (Å²) in [7, 11) is 0. The SMILES string of the molecule is CCCNC(=O)c1ccccc1OC[C@@H]1CCCO1. The van der Waals surface area contributed by atoms with Crippen LogP contribution in [0.1, 0.15) is 36.5 Å². The highest BCUT2D eigenvalue weighted by Gasteiger charge is 2.18. The second-order valence-corrected chi connectivity index (χ2v) is 4.70. The third-order valence-electron chi connectivity index (χ3n) is 3.12. The van der Waals surface area contributed by atoms with Gasteiger partial charge in [-0.15, -0.1) is 0 Å². The first kappa shape index (κ1) is 13.9. The van der Waals surface area contributed by atoms with Crippen LogP contribution >= 0.6 is 0 Å². The summed E-state index contributed by atoms with van der Waals surface area (Å²) >= 11 is 0. The number of carbonyl (C=O) groups excluding carboxylic acids is 1. The zero-order valence-corrected chi connectivity index (χ0v) is 11.4. The third kappa shape index (κ3) is 3.96. The normalized spacial score (nSPS) is 18.3. The summed E-state index contributed by atoms with van der Waals surface area (Å²) in [5, 5.41) is 2.87. The highest BCUT2D eigenvalue weighted by atomic mass is 16.5. The highest BCUT2D eigenvalue weighted by Crippen LogP contribution is 2.20. The zero-order valence-electron chi connectivity index (χ0n) is 11.4. The molecule has 4 nitrogen and oxygen atoms in total. The van der Waals surface area contributed by atoms with Crippen LogP contribution in [0.2, 0.25) is 0 Å². The molecule has 1 saturated heterocycles. The molecule has 0 aliphatic carbocycles. The van der Waals surface area contributed by atoms with E-state index in [1.54, 1.807) is 6.07 Å². The van der Waals surface area contributed by atoms with Gasteiger partial charge in [0, 0.05) is 13.2 Å². The maximum atomic E-state index is 12.0. The Morgan fingerprint density at radius 3 is 3.05 bits per heavy atom. The number of amides is 1. The van der Waals surface area contributed by atoms with Crippen LogP contribution in [0.4, 0.5) is 0 Å². The van der Waals surface area contributed by atoms with E-state index in [1.165, 1.54) is 0 Å². The molecular formula is C15H21NO3. The van der Waals surface area contributed by atoms with Crippen LogP contribution in [0.3, 0.4) is 0 Å². The molecule has 1 N–H and O–H groups in total. The molecule has 0 saturated carbocycles. The van der Waals surface area contributed by atoms with E-state index in [9.17, 15) is 4.79 Å². The third-order valence-corrected chi connectivity index (χ3v) is 3.12. The number of hydrogen-bond donors (Lipinski definition) is 1. The van der Waals surface area contributed by atoms with E-state index in [0.29, 0.717) is 24.5 Å². The van der Waals surface area contributed by atoms with E-state index < -0.39 is 0 Å². The Hall–Kier alpha value is -1.55. The molecule has 1 aliphatic rings. The minimum atomic E-state index is -0.0789. The average Bonchev–Trinajstić information content (AvgIpc) is 2.96. The van der Waals surface area contributed by atoms with Gasteiger partial charge in [0.1, 0.15) is 12.4 Å². The second-order valence-electron chi connectivity index (χ2n) is 4.70. The van der Waals surface area contributed by atoms with E-state index in [4.69, 9.17) is 9.47 Å². The Labute approximate surface area is 114 Å². The Bertz CT molecular complexity index is 414. The van der Waals surface area contributed by atoms with Gasteiger partial charge in [0.2, 0.25) is 0 Å². The molecule has 0 unspecified atom stereocenters. The fourth-order valence-corrected chi connectivity index (χ4v) is 2.07. The van der Waals surface area contributed by atoms with E-state index in [-0.39, 0.29) is 12.0 Å². The van der Waals surface area contributed by atoms with E-state index in [1.807, 2.05) is 25.1 Å². The van der Waals surface area contributed by atoms with E-state index in [2.05, 4.69) is 5.32 Å². The van der Waals surface area contributed by atoms with Crippen LogP contribution in [0.25, 0.3) is 0 Å². The number of hydrogen-bond acceptors (Lipinski definition) is 3. The quantitative estimate of drug-likeness (QED) is 0.857. The van der Waals surface area contributed by atoms with Crippen molar-refractivity contribution in [1.29, 1.82) is 0 Å². The molecule has 1 aliphatic heterocycles. The Morgan fingerprint density at radius 1 is 1.47 bits per heavy atom. The van der Waals surface area contributed by atoms with Gasteiger partial charge >= 0.3 is 0 Å². The van der Waals surface area contributed by atoms with Gasteiger partial charge in [-0.25, -0.2) is 0 Å². The largest absolute Gasteiger partial charge is 0.490 e. The summed E-state index contributed by atoms with van der Waals surface area (Å²) < 4.78 is 11.3. The first-order chi connectivity index (χ1) is 9.31. The second kappa shape index (κ2) is 7.14. The van der Waals surface area contributed by atoms with Gasteiger partial charge in [-0.1, -0.05) is 19.1 Å². The van der Waals surface area contributed by atoms with Crippen molar-refractivity contribution in [2.45, 2.75) is 32.3 Å². The molecule has 0 radical (unpaired) electrons. The van der Waals surface area contributed by atoms with E-state index >= 15 is 0 Å². The maximum Gasteiger partial charge on any atom is 0.255 e. The predicted octanol–water partition coefficient (Wildman–Crippen LogP) is 2.38. The Morgan fingerprint density at radius 2 is 2.32 bits per heavy atom. The highest BCUT2D eigenvalue weighted by molar-refractivity contribution is 5.96. The van der Waals surface area contributed by atoms with Gasteiger partial charge in [-0.2, -0.15) is 0 Å². The molecular weight excluding hydrogens is 242 g/mol. The number of nitrogens with one attached hydrogen (secondary N) is 1. The number of rotatable bonds is 6. The van der Waals surface area contributed by atoms with Gasteiger partial charge in [0.25, 0.3) is 5.91 Å². The van der Waals surface area contributed by atoms with Crippen LogP contribution in [0.15, 0.2) is 24.3 Å². The topological polar surface area (TPSA) is 47.6 Å². The molecule has 19 heavy (non-hydrogen) atoms. The van der Waals surface area contributed by atoms with Crippen molar-refractivity contribution in [3.8, 4) is 5.75 Å². The zero-order chi connectivity index (χ0) is 13.5. The number of para-hydroxylation sites is 1. The van der Waals surface area contributed by atoms with E-state index in [0.717, 1.165) is 25.9 Å². The average molecular weight is 263 g/mol. The van der Waals surface area contributed by atoms with Gasteiger partial charge < -0.3 is 14.8 Å². The van der Waals surface area contributed by atoms with Crippen molar-refractivity contribution in [2.24, 2.45) is 0 Å². The molecule has 0 spiro atoms. The molecule has 0 aromatic heterocycles. The van der Waals surface area contributed by atoms with Gasteiger partial charge in [-0.05, 0) is 31.4 Å². The predicted molar refractivity (Wildman–Crippen MR) is 73.5 cm³/mol. The first-order valence-corrected chi connectivity index (χ1v) is 6.93. The monoisotopic (exact) mass is 263 g/mol. The lowest BCUT2D eigenvalue weighted by Gasteiger charge is -2.14. The fraction of sp³-hybridized carbons (Fsp3) is 0.533. The molecule has 1 atom stereocenters. The lowest BCUT2D eigenvalue weighted by Crippen LogP contribution is -2.25. The minimum absolute atomic E-state index is 0.0789. The lowest BCUT2D eigenvalue weighted by molar-refractivity contribution is 0.0670. The summed E-state index contributed by atoms with van der Waals surface area (Å²) in [6.07, 6.45) is 3.20. The van der Waals surface area contributed by atoms with Gasteiger partial charge in [0.05, 0.1) is 11.7 Å². The molecule has 4 heteroatoms. The summed E-state index contributed by atoms with van der Waals surface area (Å²) in [6.45, 7) is 4.03. The van der Waals surface area contributed by atoms with Crippen molar-refractivity contribution in [3.05, 3.63) is 29.8 Å². The number of ether oxygens (including phenoxy) is 2. The van der Waals surface area contributed by atoms with Crippen molar-refractivity contribution in [3.63, 3.8) is 0 Å². The van der Waals surface area contributed by atoms with Crippen LogP contribution in [0, 0.1) is 0 Å². The van der Waals surface area contributed by atoms with Gasteiger partial charge in [-0.3, -0.25) is 4.79 Å². The molecule has 104 valence electrons. The van der Waals surface area contributed by atoms with Crippen LogP contribution in [-0.4, -0.2) is 31.8 Å². The molecule has 1 heterocycles. The van der Waals surface area contributed by atoms with Crippen LogP contribution in [0.5, 0.6) is 5.75 Å². The smallest absolute Gasteiger partial charge is 0.255 e. The standard InChI is InChI=1S/C15H21NO3/c1-2-9-16-15(17)13-7-3-4-8-14(13)19-11-12-6-5-10-18-12/h3-4,7-8,12H,2,5-6,9-11H2,1H3,(H,16,17)/t12-/m0/s1. The summed E-state index contributed by atoms with van der Waals surface area (Å²) in [6, 6.07) is 7.34. The van der Waals surface area contributed by atoms with Crippen molar-refractivity contribution < 1.29 is 14.3 Å². The number of benzene rings is 1. The summed E-state index contributed by atoms with van der Waals surface area (Å²) in [5.74, 6) is 0.552. The van der Waals surface area contributed by atoms with Crippen LogP contribution < -0.4 is 10.1 Å². The Balaban J connectivity index is 1.96. The maximum absolute atomic E-state index is 12.0. The molecule has 1 fully saturated rings.